The second kappa shape index (κ2) is 7.58. The molecule has 0 spiro atoms. The van der Waals surface area contributed by atoms with Gasteiger partial charge in [-0.05, 0) is 42.5 Å². The van der Waals surface area contributed by atoms with Crippen molar-refractivity contribution in [3.63, 3.8) is 0 Å². The van der Waals surface area contributed by atoms with Gasteiger partial charge in [0, 0.05) is 16.8 Å². The molecule has 28 heavy (non-hydrogen) atoms. The number of carbonyl (C=O) groups excluding carboxylic acids is 2. The van der Waals surface area contributed by atoms with Gasteiger partial charge in [-0.1, -0.05) is 48.0 Å². The zero-order valence-electron chi connectivity index (χ0n) is 14.6. The molecule has 2 N–H and O–H groups in total. The number of amides is 2. The molecule has 6 heteroatoms. The van der Waals surface area contributed by atoms with E-state index in [0.717, 1.165) is 5.39 Å². The average molecular weight is 391 g/mol. The first-order valence-corrected chi connectivity index (χ1v) is 8.94. The maximum atomic E-state index is 12.5. The Morgan fingerprint density at radius 2 is 1.43 bits per heavy atom. The molecule has 0 saturated carbocycles. The van der Waals surface area contributed by atoms with Gasteiger partial charge in [-0.25, -0.2) is 0 Å². The van der Waals surface area contributed by atoms with Crippen LogP contribution < -0.4 is 10.6 Å². The molecule has 0 fully saturated rings. The van der Waals surface area contributed by atoms with Crippen LogP contribution in [0.2, 0.25) is 5.02 Å². The molecule has 138 valence electrons. The Morgan fingerprint density at radius 1 is 0.750 bits per heavy atom. The number of halogens is 1. The first kappa shape index (κ1) is 17.8. The number of furan rings is 1. The van der Waals surface area contributed by atoms with Gasteiger partial charge in [0.05, 0.1) is 10.6 Å². The van der Waals surface area contributed by atoms with Crippen molar-refractivity contribution in [2.45, 2.75) is 0 Å². The van der Waals surface area contributed by atoms with Crippen molar-refractivity contribution in [2.24, 2.45) is 0 Å². The smallest absolute Gasteiger partial charge is 0.291 e. The third kappa shape index (κ3) is 3.75. The molecule has 4 rings (SSSR count). The van der Waals surface area contributed by atoms with Crippen molar-refractivity contribution in [2.75, 3.05) is 10.6 Å². The Balaban J connectivity index is 1.50. The minimum absolute atomic E-state index is 0.215. The summed E-state index contributed by atoms with van der Waals surface area (Å²) in [7, 11) is 0. The highest BCUT2D eigenvalue weighted by Gasteiger charge is 2.13. The van der Waals surface area contributed by atoms with E-state index in [-0.39, 0.29) is 17.6 Å². The maximum absolute atomic E-state index is 12.5. The van der Waals surface area contributed by atoms with Gasteiger partial charge in [0.2, 0.25) is 0 Å². The van der Waals surface area contributed by atoms with Crippen LogP contribution in [0.1, 0.15) is 20.9 Å². The van der Waals surface area contributed by atoms with Gasteiger partial charge in [0.1, 0.15) is 5.58 Å². The summed E-state index contributed by atoms with van der Waals surface area (Å²) in [5, 5.41) is 6.77. The second-order valence-corrected chi connectivity index (χ2v) is 6.52. The van der Waals surface area contributed by atoms with Crippen LogP contribution in [0.5, 0.6) is 0 Å². The summed E-state index contributed by atoms with van der Waals surface area (Å²) in [5.74, 6) is -0.483. The molecule has 1 aromatic heterocycles. The van der Waals surface area contributed by atoms with Crippen LogP contribution in [0.4, 0.5) is 11.4 Å². The van der Waals surface area contributed by atoms with E-state index in [0.29, 0.717) is 27.5 Å². The number of rotatable bonds is 4. The lowest BCUT2D eigenvalue weighted by atomic mass is 10.2. The number of fused-ring (bicyclic) bond motifs is 1. The summed E-state index contributed by atoms with van der Waals surface area (Å²) in [6.45, 7) is 0. The van der Waals surface area contributed by atoms with Crippen molar-refractivity contribution in [1.29, 1.82) is 0 Å². The van der Waals surface area contributed by atoms with Gasteiger partial charge in [0.25, 0.3) is 11.8 Å². The second-order valence-electron chi connectivity index (χ2n) is 6.12. The fourth-order valence-corrected chi connectivity index (χ4v) is 3.03. The fourth-order valence-electron chi connectivity index (χ4n) is 2.80. The summed E-state index contributed by atoms with van der Waals surface area (Å²) in [6, 6.07) is 22.7. The van der Waals surface area contributed by atoms with E-state index >= 15 is 0 Å². The molecule has 0 radical (unpaired) electrons. The van der Waals surface area contributed by atoms with Gasteiger partial charge < -0.3 is 15.1 Å². The molecule has 0 aliphatic heterocycles. The topological polar surface area (TPSA) is 71.3 Å². The highest BCUT2D eigenvalue weighted by molar-refractivity contribution is 6.34. The van der Waals surface area contributed by atoms with E-state index < -0.39 is 0 Å². The molecule has 0 saturated heterocycles. The molecule has 3 aromatic carbocycles. The number of carbonyl (C=O) groups is 2. The third-order valence-electron chi connectivity index (χ3n) is 4.15. The summed E-state index contributed by atoms with van der Waals surface area (Å²) in [5.41, 5.74) is 2.09. The number of benzene rings is 3. The molecule has 0 aliphatic carbocycles. The van der Waals surface area contributed by atoms with E-state index in [1.54, 1.807) is 60.7 Å². The van der Waals surface area contributed by atoms with Crippen molar-refractivity contribution in [1.82, 2.24) is 0 Å². The third-order valence-corrected chi connectivity index (χ3v) is 4.48. The fraction of sp³-hybridized carbons (Fsp3) is 0. The monoisotopic (exact) mass is 390 g/mol. The Morgan fingerprint density at radius 3 is 2.18 bits per heavy atom. The standard InChI is InChI=1S/C22H15ClN2O3/c23-18-10-3-2-9-17(18)21(26)24-15-7-5-8-16(13-15)25-22(27)20-12-14-6-1-4-11-19(14)28-20/h1-13H,(H,24,26)(H,25,27). The number of nitrogens with one attached hydrogen (secondary N) is 2. The van der Waals surface area contributed by atoms with E-state index in [4.69, 9.17) is 16.0 Å². The zero-order valence-corrected chi connectivity index (χ0v) is 15.4. The Kier molecular flexibility index (Phi) is 4.83. The lowest BCUT2D eigenvalue weighted by molar-refractivity contribution is 0.0997. The quantitative estimate of drug-likeness (QED) is 0.477. The maximum Gasteiger partial charge on any atom is 0.291 e. The van der Waals surface area contributed by atoms with Crippen LogP contribution in [0.3, 0.4) is 0 Å². The van der Waals surface area contributed by atoms with Gasteiger partial charge in [-0.3, -0.25) is 9.59 Å². The summed E-state index contributed by atoms with van der Waals surface area (Å²) in [4.78, 5) is 24.9. The summed E-state index contributed by atoms with van der Waals surface area (Å²) in [6.07, 6.45) is 0. The van der Waals surface area contributed by atoms with Gasteiger partial charge in [0.15, 0.2) is 5.76 Å². The largest absolute Gasteiger partial charge is 0.451 e. The molecule has 1 heterocycles. The number of para-hydroxylation sites is 1. The highest BCUT2D eigenvalue weighted by atomic mass is 35.5. The Labute approximate surface area is 165 Å². The van der Waals surface area contributed by atoms with Crippen LogP contribution in [0, 0.1) is 0 Å². The number of hydrogen-bond acceptors (Lipinski definition) is 3. The van der Waals surface area contributed by atoms with Crippen LogP contribution in [0.25, 0.3) is 11.0 Å². The molecule has 0 aliphatic rings. The number of anilines is 2. The predicted octanol–water partition coefficient (Wildman–Crippen LogP) is 5.59. The Hall–Kier alpha value is -3.57. The van der Waals surface area contributed by atoms with Crippen LogP contribution >= 0.6 is 11.6 Å². The molecular weight excluding hydrogens is 376 g/mol. The molecule has 4 aromatic rings. The van der Waals surface area contributed by atoms with Gasteiger partial charge in [-0.2, -0.15) is 0 Å². The molecule has 2 amide bonds. The van der Waals surface area contributed by atoms with E-state index in [2.05, 4.69) is 10.6 Å². The normalized spacial score (nSPS) is 10.6. The molecule has 0 bridgehead atoms. The predicted molar refractivity (Wildman–Crippen MR) is 110 cm³/mol. The average Bonchev–Trinajstić information content (AvgIpc) is 3.13. The van der Waals surface area contributed by atoms with E-state index in [9.17, 15) is 9.59 Å². The van der Waals surface area contributed by atoms with E-state index in [1.165, 1.54) is 0 Å². The first-order chi connectivity index (χ1) is 13.6. The Bertz CT molecular complexity index is 1150. The van der Waals surface area contributed by atoms with Crippen LogP contribution in [-0.2, 0) is 0 Å². The highest BCUT2D eigenvalue weighted by Crippen LogP contribution is 2.22. The number of hydrogen-bond donors (Lipinski definition) is 2. The lowest BCUT2D eigenvalue weighted by Gasteiger charge is -2.09. The van der Waals surface area contributed by atoms with Crippen molar-refractivity contribution >= 4 is 45.8 Å². The first-order valence-electron chi connectivity index (χ1n) is 8.56. The van der Waals surface area contributed by atoms with Crippen LogP contribution in [-0.4, -0.2) is 11.8 Å². The van der Waals surface area contributed by atoms with Crippen molar-refractivity contribution in [3.8, 4) is 0 Å². The van der Waals surface area contributed by atoms with E-state index in [1.807, 2.05) is 18.2 Å². The summed E-state index contributed by atoms with van der Waals surface area (Å²) >= 11 is 6.06. The SMILES string of the molecule is O=C(Nc1cccc(NC(=O)c2ccccc2Cl)c1)c1cc2ccccc2o1. The zero-order chi connectivity index (χ0) is 19.5. The van der Waals surface area contributed by atoms with Crippen LogP contribution in [0.15, 0.2) is 83.3 Å². The van der Waals surface area contributed by atoms with Gasteiger partial charge >= 0.3 is 0 Å². The molecule has 5 nitrogen and oxygen atoms in total. The minimum atomic E-state index is -0.370. The summed E-state index contributed by atoms with van der Waals surface area (Å²) < 4.78 is 5.57. The molecule has 0 unspecified atom stereocenters. The lowest BCUT2D eigenvalue weighted by Crippen LogP contribution is -2.14. The molecular formula is C22H15ClN2O3. The minimum Gasteiger partial charge on any atom is -0.451 e. The van der Waals surface area contributed by atoms with Crippen molar-refractivity contribution in [3.05, 3.63) is 95.2 Å². The molecule has 0 atom stereocenters. The van der Waals surface area contributed by atoms with Crippen molar-refractivity contribution < 1.29 is 14.0 Å². The van der Waals surface area contributed by atoms with Gasteiger partial charge in [-0.15, -0.1) is 0 Å².